The van der Waals surface area contributed by atoms with Gasteiger partial charge in [0.2, 0.25) is 17.7 Å². The molecule has 0 radical (unpaired) electrons. The zero-order valence-electron chi connectivity index (χ0n) is 31.5. The average Bonchev–Trinajstić information content (AvgIpc) is 3.82. The molecule has 0 bridgehead atoms. The number of unbranched alkanes of at least 4 members (excludes halogenated alkanes) is 2. The Morgan fingerprint density at radius 1 is 0.982 bits per heavy atom. The molecule has 3 aromatic rings. The van der Waals surface area contributed by atoms with E-state index >= 15 is 0 Å². The minimum Gasteiger partial charge on any atom is -0.480 e. The molecule has 2 heterocycles. The molecular weight excluding hydrogens is 745 g/mol. The van der Waals surface area contributed by atoms with Gasteiger partial charge in [0, 0.05) is 43.7 Å². The van der Waals surface area contributed by atoms with Crippen molar-refractivity contribution in [3.05, 3.63) is 59.1 Å². The van der Waals surface area contributed by atoms with Crippen LogP contribution in [0.3, 0.4) is 0 Å². The van der Waals surface area contributed by atoms with E-state index in [2.05, 4.69) is 25.9 Å². The van der Waals surface area contributed by atoms with Crippen LogP contribution in [-0.4, -0.2) is 100 Å². The first-order chi connectivity index (χ1) is 26.4. The predicted octanol–water partition coefficient (Wildman–Crippen LogP) is 4.80. The van der Waals surface area contributed by atoms with Crippen LogP contribution in [0.15, 0.2) is 53.5 Å². The van der Waals surface area contributed by atoms with E-state index in [0.29, 0.717) is 65.7 Å². The molecule has 16 heteroatoms. The summed E-state index contributed by atoms with van der Waals surface area (Å²) in [5.74, 6) is -3.10. The summed E-state index contributed by atoms with van der Waals surface area (Å²) in [6.45, 7) is 2.79. The topological polar surface area (TPSA) is 196 Å². The summed E-state index contributed by atoms with van der Waals surface area (Å²) in [6, 6.07) is 12.9. The molecule has 4 N–H and O–H groups in total. The van der Waals surface area contributed by atoms with Crippen LogP contribution < -0.4 is 16.0 Å². The second kappa shape index (κ2) is 22.0. The largest absolute Gasteiger partial charge is 0.480 e. The van der Waals surface area contributed by atoms with Crippen molar-refractivity contribution >= 4 is 79.5 Å². The standard InChI is InChI=1S/C39H50N6O8S2/c1-25(46)40-19-9-7-13-27(36(50)41-28-15-16-30-33(22-28)55-38(43-30)37-44-31(24-54-37)39(51)52)21-32(47)29(14-8-10-20-45(2)3)42-34(48)17-18-35(49)53-23-26-11-5-4-6-12-26/h4-6,11-12,15-16,22,27,29,31H,7-10,13-14,17-21,23-24H2,1-3H3,(H,40,46)(H,41,50)(H,42,48)(H,51,52)/t27-,29+,31-/m1/s1. The number of aliphatic carboxylic acids is 1. The fourth-order valence-electron chi connectivity index (χ4n) is 5.83. The number of carbonyl (C=O) groups is 6. The number of nitrogens with zero attached hydrogens (tertiary/aromatic N) is 3. The van der Waals surface area contributed by atoms with E-state index in [1.54, 1.807) is 18.2 Å². The lowest BCUT2D eigenvalue weighted by atomic mass is 9.91. The molecule has 0 saturated heterocycles. The SMILES string of the molecule is CC(=O)NCCCC[C@H](CC(=O)[C@H](CCCCN(C)C)NC(=O)CCC(=O)OCc1ccccc1)C(=O)Nc1ccc2nc(C3=N[C@@H](C(=O)O)CS3)sc2c1. The lowest BCUT2D eigenvalue weighted by Crippen LogP contribution is -2.42. The summed E-state index contributed by atoms with van der Waals surface area (Å²) in [7, 11) is 3.92. The highest BCUT2D eigenvalue weighted by Crippen LogP contribution is 2.31. The van der Waals surface area contributed by atoms with Crippen LogP contribution in [0.2, 0.25) is 0 Å². The number of amides is 3. The smallest absolute Gasteiger partial charge is 0.329 e. The van der Waals surface area contributed by atoms with Gasteiger partial charge in [0.1, 0.15) is 16.7 Å². The molecule has 1 aliphatic heterocycles. The number of thiazole rings is 1. The first-order valence-electron chi connectivity index (χ1n) is 18.4. The number of aromatic nitrogens is 1. The van der Waals surface area contributed by atoms with Crippen molar-refractivity contribution in [2.24, 2.45) is 10.9 Å². The quantitative estimate of drug-likeness (QED) is 0.0760. The Kier molecular flexibility index (Phi) is 17.2. The molecule has 14 nitrogen and oxygen atoms in total. The van der Waals surface area contributed by atoms with Crippen LogP contribution in [0.1, 0.15) is 75.3 Å². The zero-order chi connectivity index (χ0) is 39.7. The van der Waals surface area contributed by atoms with Gasteiger partial charge in [-0.05, 0) is 76.5 Å². The van der Waals surface area contributed by atoms with Gasteiger partial charge in [-0.1, -0.05) is 36.8 Å². The number of carbonyl (C=O) groups excluding carboxylic acids is 5. The number of anilines is 1. The number of rotatable bonds is 23. The number of thioether (sulfide) groups is 1. The molecule has 3 atom stereocenters. The number of ether oxygens (including phenoxy) is 1. The fourth-order valence-corrected chi connectivity index (χ4v) is 7.93. The normalized spacial score (nSPS) is 14.9. The van der Waals surface area contributed by atoms with Gasteiger partial charge in [0.05, 0.1) is 22.7 Å². The van der Waals surface area contributed by atoms with Crippen molar-refractivity contribution in [3.63, 3.8) is 0 Å². The van der Waals surface area contributed by atoms with Crippen LogP contribution in [0, 0.1) is 5.92 Å². The highest BCUT2D eigenvalue weighted by molar-refractivity contribution is 8.15. The Balaban J connectivity index is 1.42. The third-order valence-corrected chi connectivity index (χ3v) is 11.0. The van der Waals surface area contributed by atoms with Crippen LogP contribution >= 0.6 is 23.1 Å². The average molecular weight is 795 g/mol. The van der Waals surface area contributed by atoms with Crippen molar-refractivity contribution in [2.45, 2.75) is 83.4 Å². The van der Waals surface area contributed by atoms with Crippen molar-refractivity contribution in [1.82, 2.24) is 20.5 Å². The Morgan fingerprint density at radius 2 is 1.75 bits per heavy atom. The molecule has 0 fully saturated rings. The summed E-state index contributed by atoms with van der Waals surface area (Å²) in [4.78, 5) is 86.8. The second-order valence-electron chi connectivity index (χ2n) is 13.7. The van der Waals surface area contributed by atoms with Crippen molar-refractivity contribution < 1.29 is 38.6 Å². The Bertz CT molecular complexity index is 1830. The monoisotopic (exact) mass is 794 g/mol. The fraction of sp³-hybridized carbons (Fsp3) is 0.487. The highest BCUT2D eigenvalue weighted by Gasteiger charge is 2.29. The van der Waals surface area contributed by atoms with Gasteiger partial charge in [0.15, 0.2) is 11.8 Å². The molecule has 2 aromatic carbocycles. The van der Waals surface area contributed by atoms with Gasteiger partial charge in [-0.2, -0.15) is 0 Å². The summed E-state index contributed by atoms with van der Waals surface area (Å²) < 4.78 is 6.08. The minimum absolute atomic E-state index is 0.103. The summed E-state index contributed by atoms with van der Waals surface area (Å²) in [5.41, 5.74) is 2.03. The van der Waals surface area contributed by atoms with Crippen molar-refractivity contribution in [2.75, 3.05) is 38.3 Å². The summed E-state index contributed by atoms with van der Waals surface area (Å²) in [5, 5.41) is 19.0. The van der Waals surface area contributed by atoms with E-state index in [1.165, 1.54) is 30.0 Å². The van der Waals surface area contributed by atoms with Crippen molar-refractivity contribution in [1.29, 1.82) is 0 Å². The van der Waals surface area contributed by atoms with Crippen LogP contribution in [0.5, 0.6) is 0 Å². The van der Waals surface area contributed by atoms with Gasteiger partial charge in [-0.25, -0.2) is 9.78 Å². The van der Waals surface area contributed by atoms with E-state index in [-0.39, 0.29) is 43.5 Å². The third kappa shape index (κ3) is 14.8. The lowest BCUT2D eigenvalue weighted by molar-refractivity contribution is -0.146. The van der Waals surface area contributed by atoms with E-state index < -0.39 is 35.8 Å². The maximum absolute atomic E-state index is 13.9. The van der Waals surface area contributed by atoms with Crippen LogP contribution in [-0.2, 0) is 40.1 Å². The second-order valence-corrected chi connectivity index (χ2v) is 15.7. The Hall–Kier alpha value is -4.67. The lowest BCUT2D eigenvalue weighted by Gasteiger charge is -2.22. The van der Waals surface area contributed by atoms with E-state index in [0.717, 1.165) is 23.2 Å². The number of esters is 1. The van der Waals surface area contributed by atoms with E-state index in [4.69, 9.17) is 4.74 Å². The molecule has 4 rings (SSSR count). The van der Waals surface area contributed by atoms with Gasteiger partial charge in [-0.3, -0.25) is 29.0 Å². The number of fused-ring (bicyclic) bond motifs is 1. The molecule has 3 amide bonds. The van der Waals surface area contributed by atoms with Crippen LogP contribution in [0.25, 0.3) is 10.2 Å². The Morgan fingerprint density at radius 3 is 2.45 bits per heavy atom. The number of aliphatic imine (C=N–C) groups is 1. The molecule has 0 aliphatic carbocycles. The van der Waals surface area contributed by atoms with E-state index in [9.17, 15) is 33.9 Å². The third-order valence-electron chi connectivity index (χ3n) is 8.82. The number of nitrogens with one attached hydrogen (secondary N) is 3. The highest BCUT2D eigenvalue weighted by atomic mass is 32.2. The molecule has 55 heavy (non-hydrogen) atoms. The predicted molar refractivity (Wildman–Crippen MR) is 214 cm³/mol. The molecule has 0 saturated carbocycles. The number of hydrogen-bond acceptors (Lipinski definition) is 12. The number of Topliss-reactive ketones (excluding diaryl/α,β-unsaturated/α-hetero) is 1. The summed E-state index contributed by atoms with van der Waals surface area (Å²) >= 11 is 2.70. The number of carboxylic acids is 1. The molecule has 296 valence electrons. The molecular formula is C39H50N6O8S2. The van der Waals surface area contributed by atoms with Crippen LogP contribution in [0.4, 0.5) is 5.69 Å². The number of hydrogen-bond donors (Lipinski definition) is 4. The van der Waals surface area contributed by atoms with Crippen molar-refractivity contribution in [3.8, 4) is 0 Å². The number of benzene rings is 2. The first-order valence-corrected chi connectivity index (χ1v) is 20.2. The minimum atomic E-state index is -0.980. The number of carboxylic acid groups (broad SMARTS) is 1. The van der Waals surface area contributed by atoms with Gasteiger partial charge in [0.25, 0.3) is 0 Å². The zero-order valence-corrected chi connectivity index (χ0v) is 33.1. The molecule has 0 spiro atoms. The molecule has 1 aromatic heterocycles. The maximum atomic E-state index is 13.9. The van der Waals surface area contributed by atoms with E-state index in [1.807, 2.05) is 49.3 Å². The first kappa shape index (κ1) is 43.1. The maximum Gasteiger partial charge on any atom is 0.329 e. The Labute approximate surface area is 329 Å². The molecule has 1 aliphatic rings. The van der Waals surface area contributed by atoms with Gasteiger partial charge >= 0.3 is 11.9 Å². The number of ketones is 1. The van der Waals surface area contributed by atoms with Gasteiger partial charge < -0.3 is 30.7 Å². The van der Waals surface area contributed by atoms with Gasteiger partial charge in [-0.15, -0.1) is 23.1 Å². The molecule has 0 unspecified atom stereocenters. The summed E-state index contributed by atoms with van der Waals surface area (Å²) in [6.07, 6.45) is 3.03.